The third-order valence-electron chi connectivity index (χ3n) is 4.25. The number of nitrogens with zero attached hydrogens (tertiary/aromatic N) is 2. The first-order valence-corrected chi connectivity index (χ1v) is 8.98. The molecule has 1 aliphatic rings. The normalized spacial score (nSPS) is 15.0. The summed E-state index contributed by atoms with van der Waals surface area (Å²) in [6.45, 7) is 6.23. The van der Waals surface area contributed by atoms with Crippen molar-refractivity contribution in [2.24, 2.45) is 5.92 Å². The summed E-state index contributed by atoms with van der Waals surface area (Å²) < 4.78 is 5.34. The molecule has 0 aromatic heterocycles. The zero-order valence-electron chi connectivity index (χ0n) is 15.9. The highest BCUT2D eigenvalue weighted by molar-refractivity contribution is 5.99. The summed E-state index contributed by atoms with van der Waals surface area (Å²) in [5.41, 5.74) is 0.255. The molecule has 1 aromatic rings. The molecule has 1 aliphatic heterocycles. The molecule has 0 bridgehead atoms. The molecule has 0 radical (unpaired) electrons. The minimum Gasteiger partial charge on any atom is -0.444 e. The van der Waals surface area contributed by atoms with Crippen LogP contribution in [0.4, 0.5) is 4.79 Å². The van der Waals surface area contributed by atoms with E-state index in [0.717, 1.165) is 0 Å². The average molecular weight is 371 g/mol. The largest absolute Gasteiger partial charge is 0.444 e. The predicted molar refractivity (Wildman–Crippen MR) is 99.0 cm³/mol. The number of amides is 2. The number of ketones is 1. The molecule has 1 fully saturated rings. The second kappa shape index (κ2) is 8.67. The molecule has 2 rings (SSSR count). The summed E-state index contributed by atoms with van der Waals surface area (Å²) in [5, 5.41) is 11.6. The summed E-state index contributed by atoms with van der Waals surface area (Å²) in [5.74, 6) is -0.669. The summed E-state index contributed by atoms with van der Waals surface area (Å²) in [6.07, 6.45) is 0.695. The lowest BCUT2D eigenvalue weighted by atomic mass is 9.96. The van der Waals surface area contributed by atoms with Gasteiger partial charge in [-0.05, 0) is 45.7 Å². The lowest BCUT2D eigenvalue weighted by molar-refractivity contribution is -0.126. The number of nitriles is 1. The molecule has 27 heavy (non-hydrogen) atoms. The number of hydrogen-bond donors (Lipinski definition) is 1. The van der Waals surface area contributed by atoms with E-state index < -0.39 is 5.60 Å². The van der Waals surface area contributed by atoms with Gasteiger partial charge in [-0.3, -0.25) is 9.59 Å². The van der Waals surface area contributed by atoms with E-state index in [2.05, 4.69) is 5.32 Å². The van der Waals surface area contributed by atoms with Crippen LogP contribution in [0.3, 0.4) is 0 Å². The molecule has 7 nitrogen and oxygen atoms in total. The Kier molecular flexibility index (Phi) is 6.56. The highest BCUT2D eigenvalue weighted by atomic mass is 16.6. The van der Waals surface area contributed by atoms with Crippen LogP contribution in [0.1, 0.15) is 49.5 Å². The topological polar surface area (TPSA) is 99.5 Å². The van der Waals surface area contributed by atoms with Gasteiger partial charge in [0.1, 0.15) is 5.60 Å². The summed E-state index contributed by atoms with van der Waals surface area (Å²) >= 11 is 0. The van der Waals surface area contributed by atoms with Crippen molar-refractivity contribution >= 4 is 17.8 Å². The van der Waals surface area contributed by atoms with E-state index in [9.17, 15) is 14.4 Å². The molecule has 1 aromatic carbocycles. The monoisotopic (exact) mass is 371 g/mol. The molecule has 1 N–H and O–H groups in total. The van der Waals surface area contributed by atoms with Crippen molar-refractivity contribution < 1.29 is 19.1 Å². The Hall–Kier alpha value is -2.88. The number of ether oxygens (including phenoxy) is 1. The maximum Gasteiger partial charge on any atom is 0.410 e. The van der Waals surface area contributed by atoms with Crippen LogP contribution < -0.4 is 5.32 Å². The van der Waals surface area contributed by atoms with Crippen LogP contribution >= 0.6 is 0 Å². The number of rotatable bonds is 4. The van der Waals surface area contributed by atoms with Crippen LogP contribution in [0, 0.1) is 17.2 Å². The molecule has 144 valence electrons. The second-order valence-electron chi connectivity index (χ2n) is 7.58. The van der Waals surface area contributed by atoms with Crippen LogP contribution in [0.25, 0.3) is 0 Å². The number of carbonyl (C=O) groups is 3. The van der Waals surface area contributed by atoms with Crippen molar-refractivity contribution in [1.82, 2.24) is 10.2 Å². The summed E-state index contributed by atoms with van der Waals surface area (Å²) in [7, 11) is 0. The molecular weight excluding hydrogens is 346 g/mol. The van der Waals surface area contributed by atoms with Crippen molar-refractivity contribution in [1.29, 1.82) is 5.26 Å². The average Bonchev–Trinajstić information content (AvgIpc) is 2.64. The van der Waals surface area contributed by atoms with E-state index >= 15 is 0 Å². The van der Waals surface area contributed by atoms with Gasteiger partial charge in [0.2, 0.25) is 5.91 Å². The Labute approximate surface area is 159 Å². The van der Waals surface area contributed by atoms with Crippen LogP contribution in [0.2, 0.25) is 0 Å². The second-order valence-corrected chi connectivity index (χ2v) is 7.58. The Morgan fingerprint density at radius 3 is 2.52 bits per heavy atom. The van der Waals surface area contributed by atoms with Gasteiger partial charge in [0.25, 0.3) is 0 Å². The molecule has 1 heterocycles. The molecule has 0 atom stereocenters. The SMILES string of the molecule is CC(C)(C)OC(=O)N1CCC(C(=O)NCC(=O)c2cccc(C#N)c2)CC1. The standard InChI is InChI=1S/C20H25N3O4/c1-20(2,3)27-19(26)23-9-7-15(8-10-23)18(25)22-13-17(24)16-6-4-5-14(11-16)12-21/h4-6,11,15H,7-10,13H2,1-3H3,(H,22,25). The lowest BCUT2D eigenvalue weighted by Crippen LogP contribution is -2.45. The summed E-state index contributed by atoms with van der Waals surface area (Å²) in [6, 6.07) is 8.37. The minimum absolute atomic E-state index is 0.111. The fourth-order valence-corrected chi connectivity index (χ4v) is 2.83. The maximum absolute atomic E-state index is 12.3. The van der Waals surface area contributed by atoms with Crippen LogP contribution in [-0.4, -0.2) is 47.9 Å². The van der Waals surface area contributed by atoms with E-state index in [-0.39, 0.29) is 30.2 Å². The lowest BCUT2D eigenvalue weighted by Gasteiger charge is -2.32. The van der Waals surface area contributed by atoms with Crippen molar-refractivity contribution in [3.8, 4) is 6.07 Å². The first-order chi connectivity index (χ1) is 12.7. The highest BCUT2D eigenvalue weighted by Gasteiger charge is 2.30. The fraction of sp³-hybridized carbons (Fsp3) is 0.500. The zero-order chi connectivity index (χ0) is 20.0. The molecule has 0 spiro atoms. The van der Waals surface area contributed by atoms with Crippen LogP contribution in [0.5, 0.6) is 0 Å². The number of hydrogen-bond acceptors (Lipinski definition) is 5. The van der Waals surface area contributed by atoms with Gasteiger partial charge in [-0.1, -0.05) is 12.1 Å². The first kappa shape index (κ1) is 20.4. The molecule has 7 heteroatoms. The van der Waals surface area contributed by atoms with E-state index in [1.54, 1.807) is 23.1 Å². The van der Waals surface area contributed by atoms with Gasteiger partial charge < -0.3 is 15.0 Å². The van der Waals surface area contributed by atoms with E-state index in [1.165, 1.54) is 6.07 Å². The van der Waals surface area contributed by atoms with Gasteiger partial charge in [-0.2, -0.15) is 5.26 Å². The number of likely N-dealkylation sites (tertiary alicyclic amines) is 1. The summed E-state index contributed by atoms with van der Waals surface area (Å²) in [4.78, 5) is 38.1. The Morgan fingerprint density at radius 1 is 1.26 bits per heavy atom. The first-order valence-electron chi connectivity index (χ1n) is 8.98. The van der Waals surface area contributed by atoms with Crippen LogP contribution in [-0.2, 0) is 9.53 Å². The Balaban J connectivity index is 1.80. The van der Waals surface area contributed by atoms with Crippen molar-refractivity contribution in [2.45, 2.75) is 39.2 Å². The third-order valence-corrected chi connectivity index (χ3v) is 4.25. The van der Waals surface area contributed by atoms with E-state index in [0.29, 0.717) is 37.1 Å². The van der Waals surface area contributed by atoms with E-state index in [4.69, 9.17) is 10.00 Å². The fourth-order valence-electron chi connectivity index (χ4n) is 2.83. The molecular formula is C20H25N3O4. The smallest absolute Gasteiger partial charge is 0.410 e. The quantitative estimate of drug-likeness (QED) is 0.820. The van der Waals surface area contributed by atoms with E-state index in [1.807, 2.05) is 26.8 Å². The van der Waals surface area contributed by atoms with Gasteiger partial charge in [0, 0.05) is 24.6 Å². The van der Waals surface area contributed by atoms with Gasteiger partial charge in [-0.25, -0.2) is 4.79 Å². The Morgan fingerprint density at radius 2 is 1.93 bits per heavy atom. The predicted octanol–water partition coefficient (Wildman–Crippen LogP) is 2.50. The molecule has 0 unspecified atom stereocenters. The molecule has 0 saturated carbocycles. The van der Waals surface area contributed by atoms with Crippen molar-refractivity contribution in [3.05, 3.63) is 35.4 Å². The number of nitrogens with one attached hydrogen (secondary N) is 1. The number of piperidine rings is 1. The Bertz CT molecular complexity index is 753. The van der Waals surface area contributed by atoms with Crippen molar-refractivity contribution in [3.63, 3.8) is 0 Å². The minimum atomic E-state index is -0.547. The third kappa shape index (κ3) is 6.10. The highest BCUT2D eigenvalue weighted by Crippen LogP contribution is 2.20. The molecule has 0 aliphatic carbocycles. The zero-order valence-corrected chi connectivity index (χ0v) is 15.9. The van der Waals surface area contributed by atoms with Gasteiger partial charge in [-0.15, -0.1) is 0 Å². The van der Waals surface area contributed by atoms with Gasteiger partial charge >= 0.3 is 6.09 Å². The van der Waals surface area contributed by atoms with Gasteiger partial charge in [0.15, 0.2) is 5.78 Å². The maximum atomic E-state index is 12.3. The molecule has 1 saturated heterocycles. The van der Waals surface area contributed by atoms with Crippen LogP contribution in [0.15, 0.2) is 24.3 Å². The van der Waals surface area contributed by atoms with Crippen molar-refractivity contribution in [2.75, 3.05) is 19.6 Å². The molecule has 2 amide bonds. The van der Waals surface area contributed by atoms with Gasteiger partial charge in [0.05, 0.1) is 18.2 Å². The number of benzene rings is 1. The number of carbonyl (C=O) groups excluding carboxylic acids is 3. The number of Topliss-reactive ketones (excluding diaryl/α,β-unsaturated/α-hetero) is 1.